The molecule has 1 fully saturated rings. The third kappa shape index (κ3) is 4.02. The van der Waals surface area contributed by atoms with Gasteiger partial charge in [0.25, 0.3) is 0 Å². The molecule has 0 spiro atoms. The standard InChI is InChI=1S/C15H20FN3/c1-18-10-12-2-4-19(5-3-12)11-14-6-13(9-17)7-15(16)8-14/h6-8,12,18H,2-5,10-11H2,1H3. The number of halogens is 1. The van der Waals surface area contributed by atoms with Crippen molar-refractivity contribution in [1.29, 1.82) is 5.26 Å². The molecule has 1 N–H and O–H groups in total. The van der Waals surface area contributed by atoms with Crippen LogP contribution in [0.5, 0.6) is 0 Å². The molecule has 0 radical (unpaired) electrons. The minimum Gasteiger partial charge on any atom is -0.319 e. The highest BCUT2D eigenvalue weighted by Crippen LogP contribution is 2.19. The Balaban J connectivity index is 1.92. The van der Waals surface area contributed by atoms with E-state index in [0.29, 0.717) is 5.56 Å². The van der Waals surface area contributed by atoms with Crippen LogP contribution in [0.3, 0.4) is 0 Å². The van der Waals surface area contributed by atoms with E-state index in [1.54, 1.807) is 6.07 Å². The molecule has 1 aliphatic heterocycles. The number of benzene rings is 1. The SMILES string of the molecule is CNCC1CCN(Cc2cc(F)cc(C#N)c2)CC1. The Morgan fingerprint density at radius 1 is 1.37 bits per heavy atom. The van der Waals surface area contributed by atoms with Gasteiger partial charge in [-0.2, -0.15) is 5.26 Å². The van der Waals surface area contributed by atoms with Crippen molar-refractivity contribution in [2.24, 2.45) is 5.92 Å². The monoisotopic (exact) mass is 261 g/mol. The minimum absolute atomic E-state index is 0.320. The summed E-state index contributed by atoms with van der Waals surface area (Å²) in [4.78, 5) is 2.34. The maximum atomic E-state index is 13.4. The van der Waals surface area contributed by atoms with Crippen LogP contribution in [0.4, 0.5) is 4.39 Å². The van der Waals surface area contributed by atoms with E-state index in [9.17, 15) is 4.39 Å². The number of hydrogen-bond acceptors (Lipinski definition) is 3. The highest BCUT2D eigenvalue weighted by Gasteiger charge is 2.18. The molecule has 0 amide bonds. The predicted molar refractivity (Wildman–Crippen MR) is 73.0 cm³/mol. The molecular weight excluding hydrogens is 241 g/mol. The van der Waals surface area contributed by atoms with Crippen LogP contribution in [0.1, 0.15) is 24.0 Å². The fraction of sp³-hybridized carbons (Fsp3) is 0.533. The van der Waals surface area contributed by atoms with E-state index in [-0.39, 0.29) is 5.82 Å². The highest BCUT2D eigenvalue weighted by atomic mass is 19.1. The quantitative estimate of drug-likeness (QED) is 0.902. The Hall–Kier alpha value is -1.44. The lowest BCUT2D eigenvalue weighted by atomic mass is 9.96. The zero-order chi connectivity index (χ0) is 13.7. The molecule has 0 atom stereocenters. The Labute approximate surface area is 114 Å². The van der Waals surface area contributed by atoms with Crippen LogP contribution in [0.25, 0.3) is 0 Å². The smallest absolute Gasteiger partial charge is 0.124 e. The van der Waals surface area contributed by atoms with Gasteiger partial charge in [-0.1, -0.05) is 0 Å². The molecule has 1 aromatic carbocycles. The summed E-state index contributed by atoms with van der Waals surface area (Å²) in [5, 5.41) is 12.1. The maximum absolute atomic E-state index is 13.4. The number of piperidine rings is 1. The molecule has 19 heavy (non-hydrogen) atoms. The van der Waals surface area contributed by atoms with Crippen molar-refractivity contribution in [3.8, 4) is 6.07 Å². The fourth-order valence-corrected chi connectivity index (χ4v) is 2.70. The van der Waals surface area contributed by atoms with Crippen molar-refractivity contribution in [2.45, 2.75) is 19.4 Å². The first-order valence-electron chi connectivity index (χ1n) is 6.78. The lowest BCUT2D eigenvalue weighted by molar-refractivity contribution is 0.176. The van der Waals surface area contributed by atoms with E-state index < -0.39 is 0 Å². The molecule has 1 saturated heterocycles. The van der Waals surface area contributed by atoms with E-state index in [2.05, 4.69) is 10.2 Å². The van der Waals surface area contributed by atoms with E-state index in [1.165, 1.54) is 25.0 Å². The normalized spacial score (nSPS) is 17.3. The molecule has 1 heterocycles. The number of nitriles is 1. The molecule has 102 valence electrons. The molecule has 0 unspecified atom stereocenters. The second-order valence-corrected chi connectivity index (χ2v) is 5.24. The third-order valence-electron chi connectivity index (χ3n) is 3.69. The van der Waals surface area contributed by atoms with Crippen molar-refractivity contribution in [1.82, 2.24) is 10.2 Å². The lowest BCUT2D eigenvalue weighted by Gasteiger charge is -2.31. The Morgan fingerprint density at radius 2 is 2.11 bits per heavy atom. The van der Waals surface area contributed by atoms with Crippen molar-refractivity contribution in [2.75, 3.05) is 26.7 Å². The van der Waals surface area contributed by atoms with Gasteiger partial charge in [0.15, 0.2) is 0 Å². The summed E-state index contributed by atoms with van der Waals surface area (Å²) >= 11 is 0. The van der Waals surface area contributed by atoms with Gasteiger partial charge in [-0.25, -0.2) is 4.39 Å². The van der Waals surface area contributed by atoms with Crippen molar-refractivity contribution in [3.05, 3.63) is 35.1 Å². The first kappa shape index (κ1) is 14.0. The van der Waals surface area contributed by atoms with Crippen molar-refractivity contribution < 1.29 is 4.39 Å². The zero-order valence-electron chi connectivity index (χ0n) is 11.3. The molecule has 0 bridgehead atoms. The third-order valence-corrected chi connectivity index (χ3v) is 3.69. The zero-order valence-corrected chi connectivity index (χ0v) is 11.3. The molecule has 2 rings (SSSR count). The molecule has 3 nitrogen and oxygen atoms in total. The van der Waals surface area contributed by atoms with Crippen molar-refractivity contribution in [3.63, 3.8) is 0 Å². The van der Waals surface area contributed by atoms with Crippen LogP contribution in [0, 0.1) is 23.1 Å². The van der Waals surface area contributed by atoms with Gasteiger partial charge >= 0.3 is 0 Å². The first-order chi connectivity index (χ1) is 9.21. The largest absolute Gasteiger partial charge is 0.319 e. The van der Waals surface area contributed by atoms with Crippen LogP contribution in [0.2, 0.25) is 0 Å². The predicted octanol–water partition coefficient (Wildman–Crippen LogP) is 2.13. The van der Waals surface area contributed by atoms with Gasteiger partial charge in [0.05, 0.1) is 11.6 Å². The fourth-order valence-electron chi connectivity index (χ4n) is 2.70. The number of hydrogen-bond donors (Lipinski definition) is 1. The van der Waals surface area contributed by atoms with Crippen LogP contribution >= 0.6 is 0 Å². The summed E-state index contributed by atoms with van der Waals surface area (Å²) in [5.74, 6) is 0.433. The summed E-state index contributed by atoms with van der Waals surface area (Å²) in [6, 6.07) is 6.59. The van der Waals surface area contributed by atoms with E-state index >= 15 is 0 Å². The van der Waals surface area contributed by atoms with Crippen LogP contribution < -0.4 is 5.32 Å². The minimum atomic E-state index is -0.320. The van der Waals surface area contributed by atoms with E-state index in [1.807, 2.05) is 13.1 Å². The summed E-state index contributed by atoms with van der Waals surface area (Å²) in [6.45, 7) is 3.90. The second kappa shape index (κ2) is 6.65. The average Bonchev–Trinajstić information content (AvgIpc) is 2.40. The van der Waals surface area contributed by atoms with Crippen LogP contribution in [-0.4, -0.2) is 31.6 Å². The Kier molecular flexibility index (Phi) is 4.89. The molecule has 0 aliphatic carbocycles. The summed E-state index contributed by atoms with van der Waals surface area (Å²) in [5.41, 5.74) is 1.30. The summed E-state index contributed by atoms with van der Waals surface area (Å²) in [7, 11) is 1.99. The molecular formula is C15H20FN3. The number of likely N-dealkylation sites (tertiary alicyclic amines) is 1. The molecule has 4 heteroatoms. The molecule has 0 aromatic heterocycles. The summed E-state index contributed by atoms with van der Waals surface area (Å²) in [6.07, 6.45) is 2.36. The highest BCUT2D eigenvalue weighted by molar-refractivity contribution is 5.33. The van der Waals surface area contributed by atoms with Gasteiger partial charge in [0.1, 0.15) is 5.82 Å². The van der Waals surface area contributed by atoms with Gasteiger partial charge in [-0.15, -0.1) is 0 Å². The Bertz CT molecular complexity index is 459. The van der Waals surface area contributed by atoms with E-state index in [0.717, 1.165) is 37.7 Å². The molecule has 1 aliphatic rings. The average molecular weight is 261 g/mol. The van der Waals surface area contributed by atoms with Crippen LogP contribution in [-0.2, 0) is 6.54 Å². The van der Waals surface area contributed by atoms with Gasteiger partial charge in [-0.05, 0) is 69.2 Å². The van der Waals surface area contributed by atoms with Gasteiger partial charge in [0.2, 0.25) is 0 Å². The molecule has 1 aromatic rings. The first-order valence-corrected chi connectivity index (χ1v) is 6.78. The van der Waals surface area contributed by atoms with Crippen molar-refractivity contribution >= 4 is 0 Å². The molecule has 0 saturated carbocycles. The van der Waals surface area contributed by atoms with Crippen LogP contribution in [0.15, 0.2) is 18.2 Å². The second-order valence-electron chi connectivity index (χ2n) is 5.24. The van der Waals surface area contributed by atoms with E-state index in [4.69, 9.17) is 5.26 Å². The number of nitrogens with zero attached hydrogens (tertiary/aromatic N) is 2. The topological polar surface area (TPSA) is 39.1 Å². The summed E-state index contributed by atoms with van der Waals surface area (Å²) < 4.78 is 13.4. The number of nitrogens with one attached hydrogen (secondary N) is 1. The van der Waals surface area contributed by atoms with Gasteiger partial charge < -0.3 is 5.32 Å². The maximum Gasteiger partial charge on any atom is 0.124 e. The lowest BCUT2D eigenvalue weighted by Crippen LogP contribution is -2.36. The van der Waals surface area contributed by atoms with Gasteiger partial charge in [0, 0.05) is 6.54 Å². The number of rotatable bonds is 4. The van der Waals surface area contributed by atoms with Gasteiger partial charge in [-0.3, -0.25) is 4.90 Å². The Morgan fingerprint density at radius 3 is 2.74 bits per heavy atom.